The Bertz CT molecular complexity index is 1860. The number of aromatic nitrogens is 4. The molecule has 0 spiro atoms. The van der Waals surface area contributed by atoms with E-state index in [1.54, 1.807) is 30.3 Å². The van der Waals surface area contributed by atoms with Crippen molar-refractivity contribution in [3.05, 3.63) is 102 Å². The first-order valence-electron chi connectivity index (χ1n) is 13.9. The number of nitrogens with zero attached hydrogens (tertiary/aromatic N) is 4. The van der Waals surface area contributed by atoms with Crippen LogP contribution in [0.1, 0.15) is 12.0 Å². The van der Waals surface area contributed by atoms with Gasteiger partial charge in [0.15, 0.2) is 5.82 Å². The molecule has 0 atom stereocenters. The first kappa shape index (κ1) is 33.6. The molecule has 0 fully saturated rings. The largest absolute Gasteiger partial charge is 0.573 e. The third-order valence-corrected chi connectivity index (χ3v) is 6.80. The Balaban J connectivity index is 1.54. The molecule has 9 nitrogen and oxygen atoms in total. The molecule has 17 heteroatoms. The molecule has 5 aromatic rings. The van der Waals surface area contributed by atoms with Gasteiger partial charge in [0.05, 0.1) is 23.5 Å². The number of halogens is 8. The van der Waals surface area contributed by atoms with Crippen LogP contribution in [0.15, 0.2) is 84.9 Å². The molecule has 5 rings (SSSR count). The average molecular weight is 678 g/mol. The summed E-state index contributed by atoms with van der Waals surface area (Å²) in [6.45, 7) is -0.849. The number of hydrogen-bond acceptors (Lipinski definition) is 6. The number of alkyl halides is 6. The number of amides is 2. The number of aromatic amines is 1. The number of tetrazole rings is 1. The number of carbonyl (C=O) groups is 1. The molecule has 0 saturated carbocycles. The fourth-order valence-corrected chi connectivity index (χ4v) is 4.72. The number of ether oxygens (including phenoxy) is 1. The van der Waals surface area contributed by atoms with Crippen LogP contribution >= 0.6 is 0 Å². The van der Waals surface area contributed by atoms with Gasteiger partial charge in [-0.2, -0.15) is 13.2 Å². The summed E-state index contributed by atoms with van der Waals surface area (Å²) in [5.74, 6) is -2.17. The number of H-pyrrole nitrogens is 1. The maximum Gasteiger partial charge on any atom is 0.573 e. The Morgan fingerprint density at radius 2 is 1.54 bits per heavy atom. The maximum absolute atomic E-state index is 14.3. The lowest BCUT2D eigenvalue weighted by atomic mass is 9.98. The molecule has 0 aliphatic carbocycles. The predicted octanol–water partition coefficient (Wildman–Crippen LogP) is 8.31. The van der Waals surface area contributed by atoms with Crippen LogP contribution in [0.25, 0.3) is 22.5 Å². The number of benzene rings is 4. The minimum absolute atomic E-state index is 0.0165. The highest BCUT2D eigenvalue weighted by atomic mass is 19.4. The topological polar surface area (TPSA) is 108 Å². The zero-order chi connectivity index (χ0) is 34.5. The van der Waals surface area contributed by atoms with Gasteiger partial charge in [0.1, 0.15) is 17.4 Å². The van der Waals surface area contributed by atoms with Crippen LogP contribution in [0.5, 0.6) is 5.75 Å². The fraction of sp³-hybridized carbons (Fsp3) is 0.161. The molecule has 0 bridgehead atoms. The summed E-state index contributed by atoms with van der Waals surface area (Å²) in [7, 11) is 0. The lowest BCUT2D eigenvalue weighted by Gasteiger charge is -2.28. The van der Waals surface area contributed by atoms with Gasteiger partial charge in [-0.1, -0.05) is 42.5 Å². The minimum atomic E-state index is -4.94. The minimum Gasteiger partial charge on any atom is -0.406 e. The van der Waals surface area contributed by atoms with Gasteiger partial charge in [0.2, 0.25) is 0 Å². The Labute approximate surface area is 266 Å². The molecule has 1 heterocycles. The second-order valence-electron chi connectivity index (χ2n) is 10.2. The SMILES string of the molecule is O=C(Nc1ccc(F)cc1F)Nc1cc(-c2ccccc2-c2nnn[nH]2)ccc1N(CCC(F)(F)F)Cc1ccc(OC(F)(F)F)cc1. The third-order valence-electron chi connectivity index (χ3n) is 6.80. The van der Waals surface area contributed by atoms with E-state index in [2.05, 4.69) is 36.0 Å². The van der Waals surface area contributed by atoms with E-state index in [0.717, 1.165) is 24.3 Å². The molecule has 0 radical (unpaired) electrons. The number of urea groups is 1. The van der Waals surface area contributed by atoms with Crippen LogP contribution in [0.4, 0.5) is 57.0 Å². The van der Waals surface area contributed by atoms with Crippen molar-refractivity contribution in [2.24, 2.45) is 0 Å². The van der Waals surface area contributed by atoms with Crippen LogP contribution in [0, 0.1) is 11.6 Å². The summed E-state index contributed by atoms with van der Waals surface area (Å²) in [6.07, 6.45) is -10.8. The van der Waals surface area contributed by atoms with Crippen molar-refractivity contribution in [3.8, 4) is 28.3 Å². The van der Waals surface area contributed by atoms with Gasteiger partial charge >= 0.3 is 18.6 Å². The zero-order valence-corrected chi connectivity index (χ0v) is 24.3. The van der Waals surface area contributed by atoms with Gasteiger partial charge in [0, 0.05) is 24.7 Å². The van der Waals surface area contributed by atoms with E-state index in [-0.39, 0.29) is 23.6 Å². The van der Waals surface area contributed by atoms with Gasteiger partial charge in [-0.05, 0) is 63.5 Å². The number of carbonyl (C=O) groups excluding carboxylic acids is 1. The predicted molar refractivity (Wildman–Crippen MR) is 159 cm³/mol. The quantitative estimate of drug-likeness (QED) is 0.128. The van der Waals surface area contributed by atoms with Crippen molar-refractivity contribution in [2.45, 2.75) is 25.5 Å². The van der Waals surface area contributed by atoms with Crippen LogP contribution in [-0.2, 0) is 6.54 Å². The molecule has 0 saturated heterocycles. The number of nitrogens with one attached hydrogen (secondary N) is 3. The molecular weight excluding hydrogens is 654 g/mol. The van der Waals surface area contributed by atoms with E-state index in [4.69, 9.17) is 0 Å². The number of hydrogen-bond donors (Lipinski definition) is 3. The fourth-order valence-electron chi connectivity index (χ4n) is 4.72. The van der Waals surface area contributed by atoms with E-state index in [1.807, 2.05) is 0 Å². The molecule has 4 aromatic carbocycles. The second kappa shape index (κ2) is 13.9. The Morgan fingerprint density at radius 1 is 0.833 bits per heavy atom. The molecule has 1 aromatic heterocycles. The highest BCUT2D eigenvalue weighted by Gasteiger charge is 2.31. The van der Waals surface area contributed by atoms with Gasteiger partial charge in [0.25, 0.3) is 0 Å². The van der Waals surface area contributed by atoms with Gasteiger partial charge < -0.3 is 20.3 Å². The van der Waals surface area contributed by atoms with Crippen molar-refractivity contribution in [1.82, 2.24) is 20.6 Å². The Kier molecular flexibility index (Phi) is 9.76. The highest BCUT2D eigenvalue weighted by Crippen LogP contribution is 2.37. The lowest BCUT2D eigenvalue weighted by Crippen LogP contribution is -2.29. The van der Waals surface area contributed by atoms with E-state index in [1.165, 1.54) is 29.2 Å². The first-order valence-corrected chi connectivity index (χ1v) is 13.9. The normalized spacial score (nSPS) is 11.7. The number of rotatable bonds is 10. The summed E-state index contributed by atoms with van der Waals surface area (Å²) in [5, 5.41) is 18.5. The van der Waals surface area contributed by atoms with Crippen LogP contribution in [-0.4, -0.2) is 45.7 Å². The summed E-state index contributed by atoms with van der Waals surface area (Å²) in [4.78, 5) is 14.4. The van der Waals surface area contributed by atoms with Crippen molar-refractivity contribution in [2.75, 3.05) is 22.1 Å². The number of anilines is 3. The molecule has 2 amide bonds. The average Bonchev–Trinajstić information content (AvgIpc) is 3.56. The molecule has 3 N–H and O–H groups in total. The summed E-state index contributed by atoms with van der Waals surface area (Å²) >= 11 is 0. The van der Waals surface area contributed by atoms with Crippen LogP contribution in [0.2, 0.25) is 0 Å². The Hall–Kier alpha value is -5.74. The van der Waals surface area contributed by atoms with Crippen molar-refractivity contribution in [1.29, 1.82) is 0 Å². The molecular formula is C31H23F8N7O2. The van der Waals surface area contributed by atoms with E-state index in [9.17, 15) is 39.9 Å². The first-order chi connectivity index (χ1) is 22.7. The van der Waals surface area contributed by atoms with Gasteiger partial charge in [-0.25, -0.2) is 18.7 Å². The van der Waals surface area contributed by atoms with Crippen molar-refractivity contribution >= 4 is 23.1 Å². The van der Waals surface area contributed by atoms with Crippen LogP contribution < -0.4 is 20.3 Å². The smallest absolute Gasteiger partial charge is 0.406 e. The molecule has 0 unspecified atom stereocenters. The van der Waals surface area contributed by atoms with Gasteiger partial charge in [-0.15, -0.1) is 18.3 Å². The monoisotopic (exact) mass is 677 g/mol. The van der Waals surface area contributed by atoms with Crippen molar-refractivity contribution < 1.29 is 44.7 Å². The molecule has 0 aliphatic heterocycles. The highest BCUT2D eigenvalue weighted by molar-refractivity contribution is 6.02. The molecule has 48 heavy (non-hydrogen) atoms. The standard InChI is InChI=1S/C31H23F8N7O2/c32-20-8-11-25(24(33)16-20)40-29(47)41-26-15-19(22-3-1-2-4-23(22)28-42-44-45-43-28)7-12-27(26)46(14-13-30(34,35)36)17-18-5-9-21(10-6-18)48-31(37,38)39/h1-12,15-16H,13-14,17H2,(H2,40,41,47)(H,42,43,44,45). The van der Waals surface area contributed by atoms with Crippen molar-refractivity contribution in [3.63, 3.8) is 0 Å². The second-order valence-corrected chi connectivity index (χ2v) is 10.2. The molecule has 250 valence electrons. The Morgan fingerprint density at radius 3 is 2.19 bits per heavy atom. The lowest BCUT2D eigenvalue weighted by molar-refractivity contribution is -0.274. The van der Waals surface area contributed by atoms with Crippen LogP contribution in [0.3, 0.4) is 0 Å². The maximum atomic E-state index is 14.3. The summed E-state index contributed by atoms with van der Waals surface area (Å²) in [5.41, 5.74) is 1.61. The third kappa shape index (κ3) is 8.95. The van der Waals surface area contributed by atoms with E-state index in [0.29, 0.717) is 34.1 Å². The van der Waals surface area contributed by atoms with Gasteiger partial charge in [-0.3, -0.25) is 0 Å². The summed E-state index contributed by atoms with van der Waals surface area (Å²) in [6, 6.07) is 17.4. The zero-order valence-electron chi connectivity index (χ0n) is 24.3. The van der Waals surface area contributed by atoms with E-state index >= 15 is 0 Å². The molecule has 0 aliphatic rings. The van der Waals surface area contributed by atoms with E-state index < -0.39 is 48.9 Å². The summed E-state index contributed by atoms with van der Waals surface area (Å²) < 4.78 is 110.